The third-order valence-electron chi connectivity index (χ3n) is 2.69. The maximum absolute atomic E-state index is 13.7. The van der Waals surface area contributed by atoms with Gasteiger partial charge in [-0.25, -0.2) is 4.39 Å². The van der Waals surface area contributed by atoms with Crippen LogP contribution in [-0.2, 0) is 6.42 Å². The number of halogens is 3. The molecule has 0 aliphatic heterocycles. The summed E-state index contributed by atoms with van der Waals surface area (Å²) in [6, 6.07) is 7.84. The molecule has 3 rings (SSSR count). The lowest BCUT2D eigenvalue weighted by Gasteiger charge is -2.04. The fourth-order valence-electron chi connectivity index (χ4n) is 1.78. The molecule has 0 atom stereocenters. The number of aromatic nitrogens is 4. The van der Waals surface area contributed by atoms with Crippen LogP contribution in [0.15, 0.2) is 30.3 Å². The summed E-state index contributed by atoms with van der Waals surface area (Å²) in [4.78, 5) is 0. The zero-order valence-electron chi connectivity index (χ0n) is 9.52. The molecule has 0 N–H and O–H groups in total. The van der Waals surface area contributed by atoms with Crippen molar-refractivity contribution in [2.75, 3.05) is 0 Å². The van der Waals surface area contributed by atoms with Crippen LogP contribution < -0.4 is 0 Å². The SMILES string of the molecule is Fc1cccc(Cl)c1Cc1nnc2ccc(Cl)nn12. The molecule has 0 saturated heterocycles. The van der Waals surface area contributed by atoms with Gasteiger partial charge in [-0.2, -0.15) is 9.61 Å². The zero-order chi connectivity index (χ0) is 13.4. The molecule has 0 aliphatic carbocycles. The second-order valence-corrected chi connectivity index (χ2v) is 4.71. The molecule has 2 aromatic heterocycles. The smallest absolute Gasteiger partial charge is 0.178 e. The van der Waals surface area contributed by atoms with E-state index in [1.165, 1.54) is 10.6 Å². The highest BCUT2D eigenvalue weighted by Crippen LogP contribution is 2.21. The highest BCUT2D eigenvalue weighted by atomic mass is 35.5. The molecule has 19 heavy (non-hydrogen) atoms. The molecule has 0 saturated carbocycles. The van der Waals surface area contributed by atoms with Crippen LogP contribution in [0.25, 0.3) is 5.65 Å². The third-order valence-corrected chi connectivity index (χ3v) is 3.25. The Bertz CT molecular complexity index is 736. The van der Waals surface area contributed by atoms with E-state index in [2.05, 4.69) is 15.3 Å². The first-order valence-corrected chi connectivity index (χ1v) is 6.20. The molecule has 3 aromatic rings. The van der Waals surface area contributed by atoms with E-state index in [9.17, 15) is 4.39 Å². The Hall–Kier alpha value is -1.72. The molecule has 0 amide bonds. The predicted octanol–water partition coefficient (Wildman–Crippen LogP) is 3.16. The second-order valence-electron chi connectivity index (χ2n) is 3.92. The number of hydrogen-bond donors (Lipinski definition) is 0. The maximum atomic E-state index is 13.7. The Morgan fingerprint density at radius 3 is 2.74 bits per heavy atom. The maximum Gasteiger partial charge on any atom is 0.178 e. The lowest BCUT2D eigenvalue weighted by molar-refractivity contribution is 0.611. The van der Waals surface area contributed by atoms with Gasteiger partial charge in [0.2, 0.25) is 0 Å². The van der Waals surface area contributed by atoms with E-state index >= 15 is 0 Å². The Balaban J connectivity index is 2.08. The Labute approximate surface area is 117 Å². The summed E-state index contributed by atoms with van der Waals surface area (Å²) < 4.78 is 15.2. The highest BCUT2D eigenvalue weighted by molar-refractivity contribution is 6.31. The molecular formula is C12H7Cl2FN4. The monoisotopic (exact) mass is 296 g/mol. The average Bonchev–Trinajstić information content (AvgIpc) is 2.76. The van der Waals surface area contributed by atoms with Crippen molar-refractivity contribution in [3.63, 3.8) is 0 Å². The van der Waals surface area contributed by atoms with E-state index < -0.39 is 0 Å². The van der Waals surface area contributed by atoms with E-state index in [0.29, 0.717) is 27.2 Å². The lowest BCUT2D eigenvalue weighted by Crippen LogP contribution is -2.02. The van der Waals surface area contributed by atoms with Crippen molar-refractivity contribution >= 4 is 28.8 Å². The van der Waals surface area contributed by atoms with Crippen LogP contribution in [0.1, 0.15) is 11.4 Å². The van der Waals surface area contributed by atoms with Gasteiger partial charge in [0, 0.05) is 17.0 Å². The van der Waals surface area contributed by atoms with Gasteiger partial charge in [-0.3, -0.25) is 0 Å². The van der Waals surface area contributed by atoms with Crippen molar-refractivity contribution in [1.29, 1.82) is 0 Å². The molecule has 0 bridgehead atoms. The van der Waals surface area contributed by atoms with Gasteiger partial charge in [0.25, 0.3) is 0 Å². The fraction of sp³-hybridized carbons (Fsp3) is 0.0833. The summed E-state index contributed by atoms with van der Waals surface area (Å²) in [6.07, 6.45) is 0.194. The largest absolute Gasteiger partial charge is 0.207 e. The molecule has 0 unspecified atom stereocenters. The first-order valence-electron chi connectivity index (χ1n) is 5.45. The molecule has 1 aromatic carbocycles. The van der Waals surface area contributed by atoms with Crippen LogP contribution in [-0.4, -0.2) is 19.8 Å². The standard InChI is InChI=1S/C12H7Cl2FN4/c13-8-2-1-3-9(15)7(8)6-12-17-16-11-5-4-10(14)18-19(11)12/h1-5H,6H2. The van der Waals surface area contributed by atoms with Crippen LogP contribution >= 0.6 is 23.2 Å². The second kappa shape index (κ2) is 4.75. The van der Waals surface area contributed by atoms with Gasteiger partial charge in [-0.15, -0.1) is 10.2 Å². The van der Waals surface area contributed by atoms with Crippen molar-refractivity contribution in [1.82, 2.24) is 19.8 Å². The summed E-state index contributed by atoms with van der Waals surface area (Å²) in [6.45, 7) is 0. The number of rotatable bonds is 2. The van der Waals surface area contributed by atoms with Gasteiger partial charge in [0.05, 0.1) is 0 Å². The topological polar surface area (TPSA) is 43.1 Å². The van der Waals surface area contributed by atoms with Crippen LogP contribution in [0.3, 0.4) is 0 Å². The van der Waals surface area contributed by atoms with E-state index in [-0.39, 0.29) is 12.2 Å². The molecular weight excluding hydrogens is 290 g/mol. The van der Waals surface area contributed by atoms with Gasteiger partial charge < -0.3 is 0 Å². The van der Waals surface area contributed by atoms with E-state index in [0.717, 1.165) is 0 Å². The minimum atomic E-state index is -0.383. The molecule has 2 heterocycles. The van der Waals surface area contributed by atoms with Gasteiger partial charge in [-0.1, -0.05) is 29.3 Å². The fourth-order valence-corrected chi connectivity index (χ4v) is 2.15. The van der Waals surface area contributed by atoms with Gasteiger partial charge in [0.1, 0.15) is 11.0 Å². The van der Waals surface area contributed by atoms with Crippen LogP contribution in [0.4, 0.5) is 4.39 Å². The Morgan fingerprint density at radius 1 is 1.11 bits per heavy atom. The summed E-state index contributed by atoms with van der Waals surface area (Å²) in [5.41, 5.74) is 0.909. The normalized spacial score (nSPS) is 11.1. The Kier molecular flexibility index (Phi) is 3.08. The van der Waals surface area contributed by atoms with Gasteiger partial charge >= 0.3 is 0 Å². The summed E-state index contributed by atoms with van der Waals surface area (Å²) in [5, 5.41) is 12.7. The molecule has 0 fully saturated rings. The van der Waals surface area contributed by atoms with E-state index in [1.54, 1.807) is 24.3 Å². The van der Waals surface area contributed by atoms with Crippen LogP contribution in [0.5, 0.6) is 0 Å². The van der Waals surface area contributed by atoms with E-state index in [4.69, 9.17) is 23.2 Å². The van der Waals surface area contributed by atoms with Crippen LogP contribution in [0.2, 0.25) is 10.2 Å². The summed E-state index contributed by atoms with van der Waals surface area (Å²) in [5.74, 6) is 0.0933. The highest BCUT2D eigenvalue weighted by Gasteiger charge is 2.13. The van der Waals surface area contributed by atoms with Gasteiger partial charge in [0.15, 0.2) is 11.5 Å². The molecule has 0 radical (unpaired) electrons. The van der Waals surface area contributed by atoms with Crippen molar-refractivity contribution < 1.29 is 4.39 Å². The first-order chi connectivity index (χ1) is 9.15. The number of benzene rings is 1. The number of hydrogen-bond acceptors (Lipinski definition) is 3. The Morgan fingerprint density at radius 2 is 1.95 bits per heavy atom. The minimum absolute atomic E-state index is 0.194. The summed E-state index contributed by atoms with van der Waals surface area (Å²) >= 11 is 11.8. The first kappa shape index (κ1) is 12.3. The molecule has 4 nitrogen and oxygen atoms in total. The van der Waals surface area contributed by atoms with Crippen molar-refractivity contribution in [2.24, 2.45) is 0 Å². The van der Waals surface area contributed by atoms with Crippen molar-refractivity contribution in [2.45, 2.75) is 6.42 Å². The zero-order valence-corrected chi connectivity index (χ0v) is 11.0. The van der Waals surface area contributed by atoms with Crippen molar-refractivity contribution in [3.8, 4) is 0 Å². The van der Waals surface area contributed by atoms with Crippen LogP contribution in [0, 0.1) is 5.82 Å². The predicted molar refractivity (Wildman–Crippen MR) is 70.0 cm³/mol. The summed E-state index contributed by atoms with van der Waals surface area (Å²) in [7, 11) is 0. The number of nitrogens with zero attached hydrogens (tertiary/aromatic N) is 4. The van der Waals surface area contributed by atoms with Gasteiger partial charge in [-0.05, 0) is 24.3 Å². The quantitative estimate of drug-likeness (QED) is 0.729. The minimum Gasteiger partial charge on any atom is -0.207 e. The number of fused-ring (bicyclic) bond motifs is 1. The average molecular weight is 297 g/mol. The molecule has 7 heteroatoms. The van der Waals surface area contributed by atoms with E-state index in [1.807, 2.05) is 0 Å². The molecule has 0 spiro atoms. The third kappa shape index (κ3) is 2.27. The molecule has 96 valence electrons. The lowest BCUT2D eigenvalue weighted by atomic mass is 10.1. The van der Waals surface area contributed by atoms with Crippen molar-refractivity contribution in [3.05, 3.63) is 57.7 Å². The molecule has 0 aliphatic rings.